The summed E-state index contributed by atoms with van der Waals surface area (Å²) < 4.78 is 33.9. The third kappa shape index (κ3) is 7.71. The van der Waals surface area contributed by atoms with Gasteiger partial charge in [0.2, 0.25) is 0 Å². The van der Waals surface area contributed by atoms with Crippen LogP contribution in [0.25, 0.3) is 0 Å². The predicted octanol–water partition coefficient (Wildman–Crippen LogP) is 4.45. The van der Waals surface area contributed by atoms with Gasteiger partial charge in [-0.2, -0.15) is 0 Å². The van der Waals surface area contributed by atoms with E-state index in [0.717, 1.165) is 75.1 Å². The second-order valence-corrected chi connectivity index (χ2v) is 11.5. The van der Waals surface area contributed by atoms with E-state index in [2.05, 4.69) is 9.80 Å². The van der Waals surface area contributed by atoms with Crippen LogP contribution in [0.1, 0.15) is 58.6 Å². The Balaban J connectivity index is 0.000000421. The van der Waals surface area contributed by atoms with Crippen molar-refractivity contribution < 1.29 is 17.9 Å². The summed E-state index contributed by atoms with van der Waals surface area (Å²) in [5, 5.41) is 1.32. The van der Waals surface area contributed by atoms with Crippen LogP contribution in [0, 0.1) is 5.82 Å². The van der Waals surface area contributed by atoms with Gasteiger partial charge < -0.3 is 10.3 Å². The highest BCUT2D eigenvalue weighted by molar-refractivity contribution is 7.80. The normalized spacial score (nSPS) is 19.7. The number of hydrogen-bond acceptors (Lipinski definition) is 5. The molecule has 1 saturated heterocycles. The van der Waals surface area contributed by atoms with E-state index < -0.39 is 22.8 Å². The monoisotopic (exact) mass is 540 g/mol. The molecule has 0 aromatic heterocycles. The largest absolute Gasteiger partial charge is 0.772 e. The molecule has 2 aliphatic carbocycles. The number of amides is 1. The van der Waals surface area contributed by atoms with Gasteiger partial charge in [0.25, 0.3) is 5.91 Å². The number of piperazine rings is 1. The molecule has 3 aliphatic rings. The van der Waals surface area contributed by atoms with Gasteiger partial charge in [0.1, 0.15) is 5.82 Å². The summed E-state index contributed by atoms with van der Waals surface area (Å²) in [6, 6.07) is 8.82. The van der Waals surface area contributed by atoms with Gasteiger partial charge in [-0.05, 0) is 78.6 Å². The number of benzene rings is 2. The van der Waals surface area contributed by atoms with Crippen LogP contribution in [-0.2, 0) is 24.2 Å². The van der Waals surface area contributed by atoms with E-state index in [1.54, 1.807) is 12.1 Å². The Morgan fingerprint density at radius 2 is 1.54 bits per heavy atom. The summed E-state index contributed by atoms with van der Waals surface area (Å²) in [5.41, 5.74) is 8.49. The maximum absolute atomic E-state index is 14.3. The SMILES string of the molecule is NC(=O)c1cc(C2CC2)c(CN2CCN(Cc3cc(Cl)cc(Cl)c3)CC2)cc1F.O=S([O-])C1CC1. The summed E-state index contributed by atoms with van der Waals surface area (Å²) in [5.74, 6) is -0.795. The van der Waals surface area contributed by atoms with Crippen molar-refractivity contribution in [3.05, 3.63) is 68.4 Å². The van der Waals surface area contributed by atoms with Crippen LogP contribution in [0.4, 0.5) is 4.39 Å². The number of hydrogen-bond donors (Lipinski definition) is 1. The van der Waals surface area contributed by atoms with Crippen molar-refractivity contribution in [2.24, 2.45) is 5.73 Å². The number of carbonyl (C=O) groups excluding carboxylic acids is 1. The molecule has 6 nitrogen and oxygen atoms in total. The molecule has 35 heavy (non-hydrogen) atoms. The molecule has 0 bridgehead atoms. The number of halogens is 3. The van der Waals surface area contributed by atoms with E-state index in [1.807, 2.05) is 12.1 Å². The van der Waals surface area contributed by atoms with Crippen molar-refractivity contribution in [2.75, 3.05) is 26.2 Å². The first kappa shape index (κ1) is 26.5. The van der Waals surface area contributed by atoms with E-state index in [9.17, 15) is 17.9 Å². The van der Waals surface area contributed by atoms with Crippen LogP contribution < -0.4 is 5.73 Å². The van der Waals surface area contributed by atoms with Gasteiger partial charge >= 0.3 is 0 Å². The van der Waals surface area contributed by atoms with E-state index in [1.165, 1.54) is 6.07 Å². The fourth-order valence-corrected chi connectivity index (χ4v) is 5.39. The van der Waals surface area contributed by atoms with Crippen LogP contribution >= 0.6 is 23.2 Å². The van der Waals surface area contributed by atoms with Gasteiger partial charge in [0.15, 0.2) is 0 Å². The number of carbonyl (C=O) groups is 1. The second-order valence-electron chi connectivity index (χ2n) is 9.46. The highest BCUT2D eigenvalue weighted by Gasteiger charge is 2.29. The molecule has 1 aliphatic heterocycles. The van der Waals surface area contributed by atoms with Crippen LogP contribution in [0.2, 0.25) is 10.0 Å². The summed E-state index contributed by atoms with van der Waals surface area (Å²) >= 11 is 10.4. The maximum Gasteiger partial charge on any atom is 0.251 e. The van der Waals surface area contributed by atoms with Crippen molar-refractivity contribution >= 4 is 40.2 Å². The minimum absolute atomic E-state index is 0.000604. The molecular formula is C25H29Cl2FN3O3S-. The number of nitrogens with zero attached hydrogens (tertiary/aromatic N) is 2. The van der Waals surface area contributed by atoms with Crippen LogP contribution in [0.5, 0.6) is 0 Å². The Bertz CT molecular complexity index is 1080. The van der Waals surface area contributed by atoms with E-state index in [-0.39, 0.29) is 10.8 Å². The molecule has 2 aromatic carbocycles. The van der Waals surface area contributed by atoms with Gasteiger partial charge in [-0.3, -0.25) is 18.8 Å². The van der Waals surface area contributed by atoms with Crippen LogP contribution in [-0.4, -0.2) is 55.9 Å². The molecule has 1 amide bonds. The molecule has 5 rings (SSSR count). The predicted molar refractivity (Wildman–Crippen MR) is 136 cm³/mol. The standard InChI is InChI=1S/C22H24Cl2FN3O.C3H6O2S/c23-17-7-14(8-18(24)10-17)12-27-3-5-28(6-4-27)13-16-9-21(25)20(22(26)29)11-19(16)15-1-2-15;4-6(5)3-1-2-3/h7-11,15H,1-6,12-13H2,(H2,26,29);3H,1-2H2,(H,4,5)/p-1. The van der Waals surface area contributed by atoms with Crippen LogP contribution in [0.15, 0.2) is 30.3 Å². The summed E-state index contributed by atoms with van der Waals surface area (Å²) in [7, 11) is 0. The second kappa shape index (κ2) is 11.7. The third-order valence-corrected chi connectivity index (χ3v) is 7.95. The zero-order chi connectivity index (χ0) is 25.1. The first-order valence-corrected chi connectivity index (χ1v) is 13.7. The lowest BCUT2D eigenvalue weighted by Gasteiger charge is -2.35. The topological polar surface area (TPSA) is 89.7 Å². The molecule has 190 valence electrons. The number of primary amides is 1. The Labute approximate surface area is 217 Å². The Kier molecular flexibility index (Phi) is 8.84. The lowest BCUT2D eigenvalue weighted by molar-refractivity contribution is 0.0996. The minimum Gasteiger partial charge on any atom is -0.772 e. The zero-order valence-electron chi connectivity index (χ0n) is 19.4. The highest BCUT2D eigenvalue weighted by atomic mass is 35.5. The van der Waals surface area contributed by atoms with Gasteiger partial charge in [0, 0.05) is 54.6 Å². The molecule has 1 heterocycles. The van der Waals surface area contributed by atoms with Crippen molar-refractivity contribution in [1.29, 1.82) is 0 Å². The lowest BCUT2D eigenvalue weighted by Crippen LogP contribution is -2.45. The average molecular weight is 541 g/mol. The number of nitrogens with two attached hydrogens (primary N) is 1. The van der Waals surface area contributed by atoms with E-state index in [4.69, 9.17) is 28.9 Å². The van der Waals surface area contributed by atoms with Crippen molar-refractivity contribution in [3.8, 4) is 0 Å². The molecule has 10 heteroatoms. The summed E-state index contributed by atoms with van der Waals surface area (Å²) in [4.78, 5) is 16.2. The number of rotatable bonds is 7. The van der Waals surface area contributed by atoms with Gasteiger partial charge in [-0.1, -0.05) is 34.3 Å². The molecule has 3 fully saturated rings. The van der Waals surface area contributed by atoms with Crippen LogP contribution in [0.3, 0.4) is 0 Å². The molecule has 1 unspecified atom stereocenters. The highest BCUT2D eigenvalue weighted by Crippen LogP contribution is 2.42. The molecule has 0 spiro atoms. The van der Waals surface area contributed by atoms with E-state index in [0.29, 0.717) is 22.5 Å². The molecule has 2 saturated carbocycles. The van der Waals surface area contributed by atoms with Gasteiger partial charge in [-0.25, -0.2) is 4.39 Å². The smallest absolute Gasteiger partial charge is 0.251 e. The Hall–Kier alpha value is -1.55. The average Bonchev–Trinajstić information content (AvgIpc) is 3.68. The van der Waals surface area contributed by atoms with Crippen molar-refractivity contribution in [3.63, 3.8) is 0 Å². The van der Waals surface area contributed by atoms with Gasteiger partial charge in [0.05, 0.1) is 5.56 Å². The quantitative estimate of drug-likeness (QED) is 0.523. The summed E-state index contributed by atoms with van der Waals surface area (Å²) in [6.45, 7) is 5.15. The maximum atomic E-state index is 14.3. The first-order chi connectivity index (χ1) is 16.7. The fraction of sp³-hybridized carbons (Fsp3) is 0.480. The molecule has 2 aromatic rings. The van der Waals surface area contributed by atoms with Crippen molar-refractivity contribution in [1.82, 2.24) is 9.80 Å². The Morgan fingerprint density at radius 3 is 2.00 bits per heavy atom. The zero-order valence-corrected chi connectivity index (χ0v) is 21.7. The van der Waals surface area contributed by atoms with Gasteiger partial charge in [-0.15, -0.1) is 0 Å². The molecule has 0 radical (unpaired) electrons. The molecule has 1 atom stereocenters. The lowest BCUT2D eigenvalue weighted by atomic mass is 9.98. The fourth-order valence-electron chi connectivity index (χ4n) is 4.30. The molecular weight excluding hydrogens is 512 g/mol. The van der Waals surface area contributed by atoms with Crippen molar-refractivity contribution in [2.45, 2.75) is 49.9 Å². The van der Waals surface area contributed by atoms with E-state index >= 15 is 0 Å². The minimum atomic E-state index is -1.76. The first-order valence-electron chi connectivity index (χ1n) is 11.8. The Morgan fingerprint density at radius 1 is 0.971 bits per heavy atom. The summed E-state index contributed by atoms with van der Waals surface area (Å²) in [6.07, 6.45) is 3.95. The third-order valence-electron chi connectivity index (χ3n) is 6.50. The molecule has 2 N–H and O–H groups in total.